The summed E-state index contributed by atoms with van der Waals surface area (Å²) in [5.74, 6) is 0. The van der Waals surface area contributed by atoms with Crippen molar-refractivity contribution in [2.45, 2.75) is 36.9 Å². The normalized spacial score (nSPS) is 36.5. The van der Waals surface area contributed by atoms with Gasteiger partial charge in [0.1, 0.15) is 18.3 Å². The fourth-order valence-electron chi connectivity index (χ4n) is 3.17. The van der Waals surface area contributed by atoms with Gasteiger partial charge in [-0.25, -0.2) is 4.90 Å². The van der Waals surface area contributed by atoms with Gasteiger partial charge in [0.25, 0.3) is 0 Å². The van der Waals surface area contributed by atoms with Crippen molar-refractivity contribution in [3.05, 3.63) is 35.9 Å². The fourth-order valence-corrected chi connectivity index (χ4v) is 3.17. The van der Waals surface area contributed by atoms with E-state index in [9.17, 15) is 15.3 Å². The lowest BCUT2D eigenvalue weighted by Gasteiger charge is -2.49. The second-order valence-electron chi connectivity index (χ2n) is 5.81. The molecule has 0 unspecified atom stereocenters. The molecule has 1 aromatic rings. The van der Waals surface area contributed by atoms with E-state index in [4.69, 9.17) is 18.9 Å². The molecule has 1 aromatic carbocycles. The summed E-state index contributed by atoms with van der Waals surface area (Å²) in [6.07, 6.45) is -3.62. The third kappa shape index (κ3) is 3.32. The molecule has 134 valence electrons. The van der Waals surface area contributed by atoms with Crippen LogP contribution in [0.5, 0.6) is 0 Å². The molecule has 0 bridgehead atoms. The van der Waals surface area contributed by atoms with Crippen LogP contribution in [0.3, 0.4) is 0 Å². The minimum atomic E-state index is -1.02. The quantitative estimate of drug-likeness (QED) is 0.611. The summed E-state index contributed by atoms with van der Waals surface area (Å²) >= 11 is 0. The van der Waals surface area contributed by atoms with Gasteiger partial charge in [0.15, 0.2) is 12.6 Å². The predicted molar refractivity (Wildman–Crippen MR) is 81.5 cm³/mol. The van der Waals surface area contributed by atoms with Gasteiger partial charge in [-0.1, -0.05) is 30.3 Å². The highest BCUT2D eigenvalue weighted by Crippen LogP contribution is 2.35. The van der Waals surface area contributed by atoms with Crippen LogP contribution in [-0.4, -0.2) is 78.0 Å². The minimum Gasteiger partial charge on any atom is -0.388 e. The van der Waals surface area contributed by atoms with Crippen molar-refractivity contribution in [3.8, 4) is 0 Å². The number of nitrogens with zero attached hydrogens (tertiary/aromatic N) is 1. The highest BCUT2D eigenvalue weighted by Gasteiger charge is 2.51. The van der Waals surface area contributed by atoms with Gasteiger partial charge >= 0.3 is 0 Å². The second-order valence-corrected chi connectivity index (χ2v) is 5.81. The van der Waals surface area contributed by atoms with Gasteiger partial charge in [0.2, 0.25) is 0 Å². The molecule has 0 amide bonds. The van der Waals surface area contributed by atoms with Gasteiger partial charge in [-0.2, -0.15) is 0 Å². The average Bonchev–Trinajstić information content (AvgIpc) is 2.64. The van der Waals surface area contributed by atoms with Crippen LogP contribution >= 0.6 is 0 Å². The molecule has 2 heterocycles. The molecule has 2 saturated heterocycles. The van der Waals surface area contributed by atoms with Crippen LogP contribution in [-0.2, 0) is 18.9 Å². The van der Waals surface area contributed by atoms with Crippen LogP contribution in [0.15, 0.2) is 30.3 Å². The number of aliphatic hydroxyl groups excluding tert-OH is 3. The molecule has 2 aliphatic rings. The topological polar surface area (TPSA) is 101 Å². The van der Waals surface area contributed by atoms with Gasteiger partial charge < -0.3 is 34.3 Å². The van der Waals surface area contributed by atoms with Gasteiger partial charge in [-0.05, 0) is 0 Å². The number of hydrogen-bond donors (Lipinski definition) is 3. The molecule has 0 aliphatic carbocycles. The van der Waals surface area contributed by atoms with Crippen molar-refractivity contribution in [1.82, 2.24) is 4.90 Å². The Bertz CT molecular complexity index is 512. The van der Waals surface area contributed by atoms with Gasteiger partial charge in [0, 0.05) is 12.7 Å². The SMILES string of the molecule is CO[C@H]1O[C@@H]2CO[C@@H](c3ccccc3)O[C@H]2[C@H](O)[C@H]1N(CO)CO. The molecule has 0 aromatic heterocycles. The summed E-state index contributed by atoms with van der Waals surface area (Å²) in [5.41, 5.74) is 0.842. The number of methoxy groups -OCH3 is 1. The van der Waals surface area contributed by atoms with Gasteiger partial charge in [0.05, 0.1) is 26.1 Å². The zero-order valence-corrected chi connectivity index (χ0v) is 13.4. The highest BCUT2D eigenvalue weighted by molar-refractivity contribution is 5.16. The number of fused-ring (bicyclic) bond motifs is 1. The number of ether oxygens (including phenoxy) is 4. The molecule has 3 rings (SSSR count). The zero-order chi connectivity index (χ0) is 17.1. The smallest absolute Gasteiger partial charge is 0.184 e. The zero-order valence-electron chi connectivity index (χ0n) is 13.4. The Morgan fingerprint density at radius 1 is 1.17 bits per heavy atom. The van der Waals surface area contributed by atoms with E-state index in [0.29, 0.717) is 0 Å². The Hall–Kier alpha value is -1.10. The van der Waals surface area contributed by atoms with Crippen molar-refractivity contribution in [2.75, 3.05) is 27.2 Å². The molecule has 0 saturated carbocycles. The molecule has 0 radical (unpaired) electrons. The molecular formula is C16H23NO7. The van der Waals surface area contributed by atoms with Crippen molar-refractivity contribution in [2.24, 2.45) is 0 Å². The van der Waals surface area contributed by atoms with E-state index in [-0.39, 0.29) is 6.61 Å². The van der Waals surface area contributed by atoms with Crippen LogP contribution in [0.4, 0.5) is 0 Å². The Morgan fingerprint density at radius 2 is 1.88 bits per heavy atom. The largest absolute Gasteiger partial charge is 0.388 e. The molecule has 8 nitrogen and oxygen atoms in total. The van der Waals surface area contributed by atoms with Crippen LogP contribution < -0.4 is 0 Å². The standard InChI is InChI=1S/C16H23NO7/c1-21-16-12(17(8-18)9-19)13(20)14-11(23-16)7-22-15(24-14)10-5-3-2-4-6-10/h2-6,11-16,18-20H,7-9H2,1H3/t11-,12-,13-,14-,15-,16+/m1/s1. The van der Waals surface area contributed by atoms with E-state index in [1.54, 1.807) is 0 Å². The Balaban J connectivity index is 1.79. The number of hydrogen-bond acceptors (Lipinski definition) is 8. The second kappa shape index (κ2) is 7.85. The molecule has 8 heteroatoms. The van der Waals surface area contributed by atoms with E-state index < -0.39 is 50.4 Å². The fraction of sp³-hybridized carbons (Fsp3) is 0.625. The Kier molecular flexibility index (Phi) is 5.80. The molecule has 24 heavy (non-hydrogen) atoms. The van der Waals surface area contributed by atoms with E-state index in [1.807, 2.05) is 30.3 Å². The van der Waals surface area contributed by atoms with Crippen molar-refractivity contribution < 1.29 is 34.3 Å². The number of aliphatic hydroxyl groups is 3. The molecule has 2 aliphatic heterocycles. The lowest BCUT2D eigenvalue weighted by atomic mass is 9.95. The van der Waals surface area contributed by atoms with Crippen LogP contribution in [0, 0.1) is 0 Å². The van der Waals surface area contributed by atoms with Gasteiger partial charge in [-0.15, -0.1) is 0 Å². The maximum Gasteiger partial charge on any atom is 0.184 e. The molecule has 2 fully saturated rings. The van der Waals surface area contributed by atoms with E-state index in [0.717, 1.165) is 5.56 Å². The first-order chi connectivity index (χ1) is 11.7. The molecule has 6 atom stereocenters. The summed E-state index contributed by atoms with van der Waals surface area (Å²) in [6, 6.07) is 8.65. The lowest BCUT2D eigenvalue weighted by molar-refractivity contribution is -0.354. The molecular weight excluding hydrogens is 318 g/mol. The van der Waals surface area contributed by atoms with Crippen LogP contribution in [0.25, 0.3) is 0 Å². The van der Waals surface area contributed by atoms with E-state index >= 15 is 0 Å². The minimum absolute atomic E-state index is 0.242. The summed E-state index contributed by atoms with van der Waals surface area (Å²) in [6.45, 7) is -0.652. The lowest BCUT2D eigenvalue weighted by Crippen LogP contribution is -2.66. The third-order valence-electron chi connectivity index (χ3n) is 4.42. The van der Waals surface area contributed by atoms with E-state index in [2.05, 4.69) is 0 Å². The number of rotatable bonds is 5. The first-order valence-electron chi connectivity index (χ1n) is 7.83. The monoisotopic (exact) mass is 341 g/mol. The average molecular weight is 341 g/mol. The summed E-state index contributed by atoms with van der Waals surface area (Å²) in [5, 5.41) is 29.6. The maximum absolute atomic E-state index is 10.8. The summed E-state index contributed by atoms with van der Waals surface area (Å²) in [4.78, 5) is 1.26. The van der Waals surface area contributed by atoms with Crippen molar-refractivity contribution >= 4 is 0 Å². The molecule has 3 N–H and O–H groups in total. The Labute approximate surface area is 140 Å². The van der Waals surface area contributed by atoms with Crippen LogP contribution in [0.2, 0.25) is 0 Å². The summed E-state index contributed by atoms with van der Waals surface area (Å²) in [7, 11) is 1.44. The third-order valence-corrected chi connectivity index (χ3v) is 4.42. The molecule has 0 spiro atoms. The Morgan fingerprint density at radius 3 is 2.50 bits per heavy atom. The first kappa shape index (κ1) is 17.7. The first-order valence-corrected chi connectivity index (χ1v) is 7.83. The number of benzene rings is 1. The van der Waals surface area contributed by atoms with Crippen LogP contribution in [0.1, 0.15) is 11.9 Å². The highest BCUT2D eigenvalue weighted by atomic mass is 16.7. The van der Waals surface area contributed by atoms with Crippen molar-refractivity contribution in [1.29, 1.82) is 0 Å². The maximum atomic E-state index is 10.8. The van der Waals surface area contributed by atoms with Gasteiger partial charge in [-0.3, -0.25) is 0 Å². The van der Waals surface area contributed by atoms with E-state index in [1.165, 1.54) is 12.0 Å². The predicted octanol–water partition coefficient (Wildman–Crippen LogP) is -0.597. The summed E-state index contributed by atoms with van der Waals surface area (Å²) < 4.78 is 22.7. The van der Waals surface area contributed by atoms with Crippen molar-refractivity contribution in [3.63, 3.8) is 0 Å².